The van der Waals surface area contributed by atoms with Gasteiger partial charge in [0.05, 0.1) is 16.8 Å². The van der Waals surface area contributed by atoms with Crippen molar-refractivity contribution in [2.24, 2.45) is 0 Å². The maximum atomic E-state index is 14.0. The van der Waals surface area contributed by atoms with Gasteiger partial charge in [0.25, 0.3) is 0 Å². The first-order valence-corrected chi connectivity index (χ1v) is 10.3. The fourth-order valence-electron chi connectivity index (χ4n) is 3.68. The number of carboxylic acids is 1. The van der Waals surface area contributed by atoms with Gasteiger partial charge >= 0.3 is 12.1 Å². The van der Waals surface area contributed by atoms with Gasteiger partial charge in [-0.05, 0) is 73.2 Å². The van der Waals surface area contributed by atoms with Gasteiger partial charge in [-0.1, -0.05) is 12.1 Å². The molecule has 3 aromatic carbocycles. The highest BCUT2D eigenvalue weighted by Gasteiger charge is 2.32. The van der Waals surface area contributed by atoms with Crippen LogP contribution in [0.2, 0.25) is 0 Å². The topological polar surface area (TPSA) is 51.5 Å². The Labute approximate surface area is 196 Å². The normalized spacial score (nSPS) is 11.5. The first kappa shape index (κ1) is 24.0. The molecule has 0 amide bonds. The van der Waals surface area contributed by atoms with Gasteiger partial charge < -0.3 is 14.4 Å². The van der Waals surface area contributed by atoms with Crippen molar-refractivity contribution in [1.82, 2.24) is 4.57 Å². The molecule has 0 aliphatic rings. The lowest BCUT2D eigenvalue weighted by Crippen LogP contribution is -2.08. The summed E-state index contributed by atoms with van der Waals surface area (Å²) >= 11 is 0. The molecule has 0 bridgehead atoms. The average Bonchev–Trinajstić information content (AvgIpc) is 3.19. The van der Waals surface area contributed by atoms with E-state index in [1.807, 2.05) is 0 Å². The smallest absolute Gasteiger partial charge is 0.416 e. The largest absolute Gasteiger partial charge is 0.488 e. The summed E-state index contributed by atoms with van der Waals surface area (Å²) in [7, 11) is 0. The van der Waals surface area contributed by atoms with Crippen molar-refractivity contribution in [3.05, 3.63) is 107 Å². The summed E-state index contributed by atoms with van der Waals surface area (Å²) in [6, 6.07) is 15.3. The molecule has 1 N–H and O–H groups in total. The van der Waals surface area contributed by atoms with E-state index < -0.39 is 34.9 Å². The zero-order valence-corrected chi connectivity index (χ0v) is 18.2. The molecule has 0 spiro atoms. The number of halogens is 5. The van der Waals surface area contributed by atoms with E-state index in [9.17, 15) is 31.9 Å². The summed E-state index contributed by atoms with van der Waals surface area (Å²) in [5.41, 5.74) is 0.744. The Balaban J connectivity index is 1.82. The Bertz CT molecular complexity index is 1390. The van der Waals surface area contributed by atoms with E-state index in [2.05, 4.69) is 0 Å². The maximum Gasteiger partial charge on any atom is 0.416 e. The van der Waals surface area contributed by atoms with E-state index in [4.69, 9.17) is 4.74 Å². The number of alkyl halides is 3. The monoisotopic (exact) mass is 487 g/mol. The predicted octanol–water partition coefficient (Wildman–Crippen LogP) is 7.03. The number of hydrogen-bond donors (Lipinski definition) is 1. The number of carbonyl (C=O) groups is 1. The SMILES string of the molecule is Cc1ccc(-c2ccc(C(F)(F)F)cc2OCc2ccc(F)cc2)n1-c1ccc(F)c(C(=O)O)c1. The Hall–Kier alpha value is -4.14. The molecule has 4 nitrogen and oxygen atoms in total. The molecule has 35 heavy (non-hydrogen) atoms. The van der Waals surface area contributed by atoms with Gasteiger partial charge in [0.1, 0.15) is 24.0 Å². The van der Waals surface area contributed by atoms with Crippen molar-refractivity contribution >= 4 is 5.97 Å². The highest BCUT2D eigenvalue weighted by molar-refractivity contribution is 5.88. The molecular formula is C26H18F5NO3. The molecule has 0 saturated carbocycles. The van der Waals surface area contributed by atoms with E-state index >= 15 is 0 Å². The predicted molar refractivity (Wildman–Crippen MR) is 119 cm³/mol. The van der Waals surface area contributed by atoms with Crippen LogP contribution in [0.25, 0.3) is 16.9 Å². The van der Waals surface area contributed by atoms with Crippen LogP contribution in [0.5, 0.6) is 5.75 Å². The summed E-state index contributed by atoms with van der Waals surface area (Å²) in [6.07, 6.45) is -4.61. The van der Waals surface area contributed by atoms with Gasteiger partial charge in [-0.2, -0.15) is 13.2 Å². The second-order valence-corrected chi connectivity index (χ2v) is 7.79. The molecule has 4 aromatic rings. The first-order valence-electron chi connectivity index (χ1n) is 10.3. The van der Waals surface area contributed by atoms with Crippen LogP contribution in [-0.2, 0) is 12.8 Å². The van der Waals surface area contributed by atoms with Crippen molar-refractivity contribution in [2.45, 2.75) is 19.7 Å². The van der Waals surface area contributed by atoms with Crippen molar-refractivity contribution in [2.75, 3.05) is 0 Å². The summed E-state index contributed by atoms with van der Waals surface area (Å²) in [5, 5.41) is 9.29. The number of aromatic carboxylic acids is 1. The number of carboxylic acid groups (broad SMARTS) is 1. The Morgan fingerprint density at radius 2 is 1.66 bits per heavy atom. The lowest BCUT2D eigenvalue weighted by molar-refractivity contribution is -0.137. The third-order valence-electron chi connectivity index (χ3n) is 5.41. The minimum absolute atomic E-state index is 0.0796. The minimum atomic E-state index is -4.61. The third-order valence-corrected chi connectivity index (χ3v) is 5.41. The summed E-state index contributed by atoms with van der Waals surface area (Å²) in [4.78, 5) is 11.4. The lowest BCUT2D eigenvalue weighted by atomic mass is 10.1. The van der Waals surface area contributed by atoms with Crippen molar-refractivity contribution in [3.8, 4) is 22.7 Å². The van der Waals surface area contributed by atoms with E-state index in [0.29, 0.717) is 28.2 Å². The standard InChI is InChI=1S/C26H18F5NO3/c1-15-2-11-23(32(15)19-8-10-22(28)21(13-19)25(33)34)20-9-5-17(26(29,30)31)12-24(20)35-14-16-3-6-18(27)7-4-16/h2-13H,14H2,1H3,(H,33,34). The van der Waals surface area contributed by atoms with Crippen molar-refractivity contribution in [3.63, 3.8) is 0 Å². The van der Waals surface area contributed by atoms with E-state index in [1.54, 1.807) is 23.6 Å². The molecule has 0 fully saturated rings. The van der Waals surface area contributed by atoms with Crippen LogP contribution in [0.15, 0.2) is 72.8 Å². The molecular weight excluding hydrogens is 469 g/mol. The quantitative estimate of drug-likeness (QED) is 0.297. The first-order chi connectivity index (χ1) is 16.5. The number of benzene rings is 3. The number of nitrogens with zero attached hydrogens (tertiary/aromatic N) is 1. The van der Waals surface area contributed by atoms with Gasteiger partial charge in [-0.3, -0.25) is 0 Å². The molecule has 0 aliphatic heterocycles. The fraction of sp³-hybridized carbons (Fsp3) is 0.115. The Kier molecular flexibility index (Phi) is 6.34. The molecule has 4 rings (SSSR count). The van der Waals surface area contributed by atoms with Crippen LogP contribution < -0.4 is 4.74 Å². The number of aryl methyl sites for hydroxylation is 1. The number of rotatable bonds is 6. The highest BCUT2D eigenvalue weighted by atomic mass is 19.4. The molecule has 180 valence electrons. The molecule has 0 aliphatic carbocycles. The van der Waals surface area contributed by atoms with E-state index in [1.165, 1.54) is 36.4 Å². The summed E-state index contributed by atoms with van der Waals surface area (Å²) in [5.74, 6) is -2.90. The van der Waals surface area contributed by atoms with Gasteiger partial charge in [-0.15, -0.1) is 0 Å². The molecule has 1 aromatic heterocycles. The van der Waals surface area contributed by atoms with Crippen LogP contribution in [0.3, 0.4) is 0 Å². The molecule has 0 atom stereocenters. The van der Waals surface area contributed by atoms with Crippen LogP contribution in [0.4, 0.5) is 22.0 Å². The molecule has 9 heteroatoms. The van der Waals surface area contributed by atoms with Crippen molar-refractivity contribution in [1.29, 1.82) is 0 Å². The van der Waals surface area contributed by atoms with Crippen LogP contribution in [0, 0.1) is 18.6 Å². The lowest BCUT2D eigenvalue weighted by Gasteiger charge is -2.18. The van der Waals surface area contributed by atoms with Crippen molar-refractivity contribution < 1.29 is 36.6 Å². The molecule has 1 heterocycles. The number of hydrogen-bond acceptors (Lipinski definition) is 2. The summed E-state index contributed by atoms with van der Waals surface area (Å²) < 4.78 is 74.8. The second-order valence-electron chi connectivity index (χ2n) is 7.79. The van der Waals surface area contributed by atoms with Gasteiger partial charge in [0.2, 0.25) is 0 Å². The molecule has 0 unspecified atom stereocenters. The zero-order valence-electron chi connectivity index (χ0n) is 18.2. The average molecular weight is 487 g/mol. The Morgan fingerprint density at radius 3 is 2.31 bits per heavy atom. The van der Waals surface area contributed by atoms with Gasteiger partial charge in [-0.25, -0.2) is 13.6 Å². The minimum Gasteiger partial charge on any atom is -0.488 e. The molecule has 0 saturated heterocycles. The number of ether oxygens (including phenoxy) is 1. The summed E-state index contributed by atoms with van der Waals surface area (Å²) in [6.45, 7) is 1.60. The van der Waals surface area contributed by atoms with E-state index in [0.717, 1.165) is 24.3 Å². The zero-order chi connectivity index (χ0) is 25.3. The fourth-order valence-corrected chi connectivity index (χ4v) is 3.68. The van der Waals surface area contributed by atoms with Crippen LogP contribution >= 0.6 is 0 Å². The third kappa shape index (κ3) is 5.03. The molecule has 0 radical (unpaired) electrons. The van der Waals surface area contributed by atoms with Gasteiger partial charge in [0, 0.05) is 16.9 Å². The van der Waals surface area contributed by atoms with Gasteiger partial charge in [0.15, 0.2) is 0 Å². The van der Waals surface area contributed by atoms with E-state index in [-0.39, 0.29) is 12.4 Å². The van der Waals surface area contributed by atoms with Crippen LogP contribution in [-0.4, -0.2) is 15.6 Å². The van der Waals surface area contributed by atoms with Crippen LogP contribution in [0.1, 0.15) is 27.2 Å². The second kappa shape index (κ2) is 9.25. The maximum absolute atomic E-state index is 14.0. The Morgan fingerprint density at radius 1 is 0.943 bits per heavy atom. The number of aromatic nitrogens is 1. The highest BCUT2D eigenvalue weighted by Crippen LogP contribution is 2.39.